The van der Waals surface area contributed by atoms with Gasteiger partial charge >= 0.3 is 0 Å². The van der Waals surface area contributed by atoms with E-state index in [1.165, 1.54) is 0 Å². The Hall–Kier alpha value is -1.14. The minimum absolute atomic E-state index is 0.136. The van der Waals surface area contributed by atoms with Crippen molar-refractivity contribution < 1.29 is 9.26 Å². The number of nitrogens with two attached hydrogens (primary N) is 1. The Labute approximate surface area is 101 Å². The zero-order valence-corrected chi connectivity index (χ0v) is 10.4. The fourth-order valence-electron chi connectivity index (χ4n) is 1.93. The molecule has 0 saturated carbocycles. The molecule has 0 spiro atoms. The van der Waals surface area contributed by atoms with Crippen molar-refractivity contribution in [3.63, 3.8) is 0 Å². The van der Waals surface area contributed by atoms with Crippen LogP contribution in [-0.4, -0.2) is 43.0 Å². The SMILES string of the molecule is CC(C)C(CN)c1nc(N2CCOCC2)no1. The average Bonchev–Trinajstić information content (AvgIpc) is 2.80. The second-order valence-corrected chi connectivity index (χ2v) is 4.62. The molecule has 0 amide bonds. The third kappa shape index (κ3) is 2.76. The van der Waals surface area contributed by atoms with E-state index in [2.05, 4.69) is 28.9 Å². The highest BCUT2D eigenvalue weighted by molar-refractivity contribution is 5.28. The molecule has 17 heavy (non-hydrogen) atoms. The van der Waals surface area contributed by atoms with Crippen LogP contribution in [0, 0.1) is 5.92 Å². The van der Waals surface area contributed by atoms with Crippen molar-refractivity contribution in [1.29, 1.82) is 0 Å². The van der Waals surface area contributed by atoms with E-state index in [9.17, 15) is 0 Å². The number of rotatable bonds is 4. The highest BCUT2D eigenvalue weighted by atomic mass is 16.5. The Morgan fingerprint density at radius 3 is 2.65 bits per heavy atom. The third-order valence-corrected chi connectivity index (χ3v) is 3.10. The number of aromatic nitrogens is 2. The van der Waals surface area contributed by atoms with E-state index in [-0.39, 0.29) is 5.92 Å². The summed E-state index contributed by atoms with van der Waals surface area (Å²) in [5.41, 5.74) is 5.73. The second-order valence-electron chi connectivity index (χ2n) is 4.62. The molecule has 1 unspecified atom stereocenters. The summed E-state index contributed by atoms with van der Waals surface area (Å²) in [6, 6.07) is 0. The summed E-state index contributed by atoms with van der Waals surface area (Å²) in [6.07, 6.45) is 0. The number of nitrogens with zero attached hydrogens (tertiary/aromatic N) is 3. The van der Waals surface area contributed by atoms with Crippen LogP contribution in [0.5, 0.6) is 0 Å². The minimum atomic E-state index is 0.136. The molecule has 1 aromatic rings. The monoisotopic (exact) mass is 240 g/mol. The lowest BCUT2D eigenvalue weighted by molar-refractivity contribution is 0.121. The molecule has 0 aliphatic carbocycles. The van der Waals surface area contributed by atoms with E-state index < -0.39 is 0 Å². The van der Waals surface area contributed by atoms with Crippen LogP contribution in [0.1, 0.15) is 25.7 Å². The maximum absolute atomic E-state index is 5.73. The van der Waals surface area contributed by atoms with Gasteiger partial charge in [0.2, 0.25) is 5.89 Å². The molecule has 96 valence electrons. The highest BCUT2D eigenvalue weighted by Gasteiger charge is 2.23. The van der Waals surface area contributed by atoms with E-state index in [0.717, 1.165) is 13.1 Å². The Morgan fingerprint density at radius 2 is 2.06 bits per heavy atom. The summed E-state index contributed by atoms with van der Waals surface area (Å²) in [5, 5.41) is 4.02. The first-order valence-electron chi connectivity index (χ1n) is 6.08. The maximum Gasteiger partial charge on any atom is 0.266 e. The van der Waals surface area contributed by atoms with Gasteiger partial charge in [-0.25, -0.2) is 0 Å². The fraction of sp³-hybridized carbons (Fsp3) is 0.818. The predicted molar refractivity (Wildman–Crippen MR) is 64.0 cm³/mol. The number of anilines is 1. The minimum Gasteiger partial charge on any atom is -0.378 e. The molecule has 1 aliphatic heterocycles. The van der Waals surface area contributed by atoms with Gasteiger partial charge in [0.25, 0.3) is 5.95 Å². The van der Waals surface area contributed by atoms with Crippen molar-refractivity contribution in [2.24, 2.45) is 11.7 Å². The zero-order chi connectivity index (χ0) is 12.3. The molecule has 1 atom stereocenters. The van der Waals surface area contributed by atoms with Crippen LogP contribution in [0.3, 0.4) is 0 Å². The highest BCUT2D eigenvalue weighted by Crippen LogP contribution is 2.23. The van der Waals surface area contributed by atoms with E-state index in [1.54, 1.807) is 0 Å². The summed E-state index contributed by atoms with van der Waals surface area (Å²) in [6.45, 7) is 7.80. The quantitative estimate of drug-likeness (QED) is 0.830. The lowest BCUT2D eigenvalue weighted by Gasteiger charge is -2.24. The molecule has 0 aromatic carbocycles. The molecule has 1 saturated heterocycles. The van der Waals surface area contributed by atoms with Crippen LogP contribution in [0.15, 0.2) is 4.52 Å². The topological polar surface area (TPSA) is 77.4 Å². The van der Waals surface area contributed by atoms with Gasteiger partial charge < -0.3 is 19.9 Å². The Kier molecular flexibility index (Phi) is 3.96. The molecule has 6 heteroatoms. The molecule has 0 radical (unpaired) electrons. The fourth-order valence-corrected chi connectivity index (χ4v) is 1.93. The van der Waals surface area contributed by atoms with Crippen LogP contribution in [-0.2, 0) is 4.74 Å². The van der Waals surface area contributed by atoms with Gasteiger partial charge in [-0.1, -0.05) is 13.8 Å². The van der Waals surface area contributed by atoms with Gasteiger partial charge in [0, 0.05) is 19.6 Å². The first kappa shape index (κ1) is 12.3. The molecule has 6 nitrogen and oxygen atoms in total. The van der Waals surface area contributed by atoms with E-state index >= 15 is 0 Å². The predicted octanol–water partition coefficient (Wildman–Crippen LogP) is 0.605. The number of ether oxygens (including phenoxy) is 1. The molecule has 0 bridgehead atoms. The van der Waals surface area contributed by atoms with Crippen molar-refractivity contribution in [2.45, 2.75) is 19.8 Å². The van der Waals surface area contributed by atoms with E-state index in [4.69, 9.17) is 15.0 Å². The van der Waals surface area contributed by atoms with Gasteiger partial charge in [0.1, 0.15) is 0 Å². The van der Waals surface area contributed by atoms with Gasteiger partial charge in [0.15, 0.2) is 0 Å². The van der Waals surface area contributed by atoms with Crippen molar-refractivity contribution in [3.8, 4) is 0 Å². The molecule has 1 aliphatic rings. The number of hydrogen-bond donors (Lipinski definition) is 1. The zero-order valence-electron chi connectivity index (χ0n) is 10.4. The van der Waals surface area contributed by atoms with Crippen molar-refractivity contribution in [1.82, 2.24) is 10.1 Å². The van der Waals surface area contributed by atoms with Gasteiger partial charge in [-0.05, 0) is 11.1 Å². The maximum atomic E-state index is 5.73. The van der Waals surface area contributed by atoms with Crippen molar-refractivity contribution in [3.05, 3.63) is 5.89 Å². The van der Waals surface area contributed by atoms with Gasteiger partial charge in [-0.15, -0.1) is 0 Å². The van der Waals surface area contributed by atoms with E-state index in [1.807, 2.05) is 0 Å². The standard InChI is InChI=1S/C11H20N4O2/c1-8(2)9(7-12)10-13-11(14-17-10)15-3-5-16-6-4-15/h8-9H,3-7,12H2,1-2H3. The Morgan fingerprint density at radius 1 is 1.35 bits per heavy atom. The van der Waals surface area contributed by atoms with Gasteiger partial charge in [-0.3, -0.25) is 0 Å². The summed E-state index contributed by atoms with van der Waals surface area (Å²) in [4.78, 5) is 6.51. The third-order valence-electron chi connectivity index (χ3n) is 3.10. The molecule has 1 aromatic heterocycles. The van der Waals surface area contributed by atoms with Crippen LogP contribution in [0.25, 0.3) is 0 Å². The average molecular weight is 240 g/mol. The van der Waals surface area contributed by atoms with E-state index in [0.29, 0.717) is 37.5 Å². The molecule has 1 fully saturated rings. The lowest BCUT2D eigenvalue weighted by Crippen LogP contribution is -2.36. The molecular weight excluding hydrogens is 220 g/mol. The number of morpholine rings is 1. The van der Waals surface area contributed by atoms with Crippen LogP contribution < -0.4 is 10.6 Å². The smallest absolute Gasteiger partial charge is 0.266 e. The summed E-state index contributed by atoms with van der Waals surface area (Å²) in [5.74, 6) is 1.83. The number of hydrogen-bond acceptors (Lipinski definition) is 6. The summed E-state index contributed by atoms with van der Waals surface area (Å²) in [7, 11) is 0. The van der Waals surface area contributed by atoms with Gasteiger partial charge in [0.05, 0.1) is 19.1 Å². The largest absolute Gasteiger partial charge is 0.378 e. The Bertz CT molecular complexity index is 347. The summed E-state index contributed by atoms with van der Waals surface area (Å²) < 4.78 is 10.6. The molecule has 2 N–H and O–H groups in total. The van der Waals surface area contributed by atoms with Crippen molar-refractivity contribution >= 4 is 5.95 Å². The molecule has 2 rings (SSSR count). The van der Waals surface area contributed by atoms with Crippen LogP contribution in [0.2, 0.25) is 0 Å². The second kappa shape index (κ2) is 5.46. The Balaban J connectivity index is 2.08. The van der Waals surface area contributed by atoms with Crippen LogP contribution in [0.4, 0.5) is 5.95 Å². The lowest BCUT2D eigenvalue weighted by atomic mass is 9.96. The summed E-state index contributed by atoms with van der Waals surface area (Å²) >= 11 is 0. The normalized spacial score (nSPS) is 18.7. The van der Waals surface area contributed by atoms with Gasteiger partial charge in [-0.2, -0.15) is 4.98 Å². The van der Waals surface area contributed by atoms with Crippen LogP contribution >= 0.6 is 0 Å². The first-order chi connectivity index (χ1) is 8.22. The first-order valence-corrected chi connectivity index (χ1v) is 6.08. The molecule has 2 heterocycles. The molecular formula is C11H20N4O2. The van der Waals surface area contributed by atoms with Crippen molar-refractivity contribution in [2.75, 3.05) is 37.7 Å².